The fourth-order valence-electron chi connectivity index (χ4n) is 3.38. The molecule has 0 atom stereocenters. The molecule has 34 heavy (non-hydrogen) atoms. The summed E-state index contributed by atoms with van der Waals surface area (Å²) in [5, 5.41) is 3.90. The van der Waals surface area contributed by atoms with Crippen molar-refractivity contribution < 1.29 is 18.3 Å². The number of ether oxygens (including phenoxy) is 2. The number of hydrogen-bond acceptors (Lipinski definition) is 8. The van der Waals surface area contributed by atoms with Gasteiger partial charge in [-0.2, -0.15) is 10.1 Å². The van der Waals surface area contributed by atoms with E-state index in [4.69, 9.17) is 9.47 Å². The molecule has 5 rings (SSSR count). The predicted molar refractivity (Wildman–Crippen MR) is 122 cm³/mol. The van der Waals surface area contributed by atoms with Gasteiger partial charge in [0.15, 0.2) is 5.65 Å². The molecule has 1 aromatic carbocycles. The molecule has 4 heterocycles. The molecule has 1 fully saturated rings. The van der Waals surface area contributed by atoms with Crippen LogP contribution >= 0.6 is 0 Å². The molecule has 178 valence electrons. The molecule has 0 unspecified atom stereocenters. The van der Waals surface area contributed by atoms with Crippen LogP contribution in [-0.4, -0.2) is 63.1 Å². The zero-order valence-corrected chi connectivity index (χ0v) is 19.2. The predicted octanol–water partition coefficient (Wildman–Crippen LogP) is 3.31. The first-order valence-electron chi connectivity index (χ1n) is 10.7. The topological polar surface area (TPSA) is 91.1 Å². The van der Waals surface area contributed by atoms with Crippen molar-refractivity contribution in [1.82, 2.24) is 29.7 Å². The summed E-state index contributed by atoms with van der Waals surface area (Å²) >= 11 is 0. The number of fused-ring (bicyclic) bond motifs is 1. The molecular formula is C23H25F2N7O2. The highest BCUT2D eigenvalue weighted by Crippen LogP contribution is 2.29. The third kappa shape index (κ3) is 5.32. The lowest BCUT2D eigenvalue weighted by Crippen LogP contribution is -2.37. The molecule has 1 saturated heterocycles. The second-order valence-electron chi connectivity index (χ2n) is 7.63. The quantitative estimate of drug-likeness (QED) is 0.450. The zero-order valence-electron chi connectivity index (χ0n) is 19.2. The molecular weight excluding hydrogens is 444 g/mol. The molecule has 0 aliphatic carbocycles. The molecule has 0 N–H and O–H groups in total. The number of rotatable bonds is 4. The molecule has 0 saturated carbocycles. The molecule has 4 aromatic rings. The van der Waals surface area contributed by atoms with E-state index in [9.17, 15) is 8.78 Å². The van der Waals surface area contributed by atoms with Gasteiger partial charge in [0.1, 0.15) is 29.6 Å². The van der Waals surface area contributed by atoms with Crippen LogP contribution in [0.25, 0.3) is 22.4 Å². The fourth-order valence-corrected chi connectivity index (χ4v) is 3.38. The molecule has 0 radical (unpaired) electrons. The first-order valence-corrected chi connectivity index (χ1v) is 10.7. The highest BCUT2D eigenvalue weighted by molar-refractivity contribution is 5.88. The molecule has 0 bridgehead atoms. The maximum atomic E-state index is 14.4. The number of morpholine rings is 1. The summed E-state index contributed by atoms with van der Waals surface area (Å²) in [5.74, 6) is -0.897. The van der Waals surface area contributed by atoms with Crippen molar-refractivity contribution in [3.8, 4) is 11.3 Å². The minimum Gasteiger partial charge on any atom is -0.378 e. The number of hydrogen-bond donors (Lipinski definition) is 0. The van der Waals surface area contributed by atoms with Crippen LogP contribution in [0.3, 0.4) is 0 Å². The van der Waals surface area contributed by atoms with Gasteiger partial charge in [-0.1, -0.05) is 0 Å². The van der Waals surface area contributed by atoms with Crippen molar-refractivity contribution in [2.24, 2.45) is 0 Å². The first kappa shape index (κ1) is 23.6. The number of aryl methyl sites for hydroxylation is 2. The Morgan fingerprint density at radius 1 is 1.03 bits per heavy atom. The van der Waals surface area contributed by atoms with Crippen molar-refractivity contribution >= 4 is 17.1 Å². The maximum absolute atomic E-state index is 14.4. The number of nitrogens with zero attached hydrogens (tertiary/aromatic N) is 7. The van der Waals surface area contributed by atoms with Crippen LogP contribution in [0.1, 0.15) is 11.4 Å². The number of benzene rings is 1. The maximum Gasteiger partial charge on any atom is 0.228 e. The lowest BCUT2D eigenvalue weighted by atomic mass is 10.1. The van der Waals surface area contributed by atoms with Gasteiger partial charge in [0, 0.05) is 44.2 Å². The summed E-state index contributed by atoms with van der Waals surface area (Å²) in [4.78, 5) is 20.0. The summed E-state index contributed by atoms with van der Waals surface area (Å²) in [6.07, 6.45) is 3.57. The highest BCUT2D eigenvalue weighted by atomic mass is 19.1. The van der Waals surface area contributed by atoms with Crippen molar-refractivity contribution in [1.29, 1.82) is 0 Å². The molecule has 0 amide bonds. The Labute approximate surface area is 195 Å². The summed E-state index contributed by atoms with van der Waals surface area (Å²) in [6.45, 7) is 6.61. The van der Waals surface area contributed by atoms with Crippen LogP contribution in [0.15, 0.2) is 36.7 Å². The Hall–Kier alpha value is -3.57. The smallest absolute Gasteiger partial charge is 0.228 e. The Balaban J connectivity index is 0.000000291. The van der Waals surface area contributed by atoms with Gasteiger partial charge in [0.05, 0.1) is 24.6 Å². The lowest BCUT2D eigenvalue weighted by molar-refractivity contribution is 0.120. The van der Waals surface area contributed by atoms with Crippen LogP contribution in [0.4, 0.5) is 14.7 Å². The third-order valence-corrected chi connectivity index (χ3v) is 5.23. The average Bonchev–Trinajstić information content (AvgIpc) is 3.34. The number of methoxy groups -OCH3 is 1. The van der Waals surface area contributed by atoms with E-state index in [0.717, 1.165) is 11.8 Å². The third-order valence-electron chi connectivity index (χ3n) is 5.23. The number of anilines is 1. The van der Waals surface area contributed by atoms with E-state index in [-0.39, 0.29) is 5.56 Å². The minimum absolute atomic E-state index is 0.172. The Bertz CT molecular complexity index is 1260. The van der Waals surface area contributed by atoms with E-state index in [1.54, 1.807) is 18.0 Å². The van der Waals surface area contributed by atoms with Crippen molar-refractivity contribution in [2.45, 2.75) is 20.6 Å². The molecule has 1 aliphatic heterocycles. The van der Waals surface area contributed by atoms with E-state index < -0.39 is 11.6 Å². The standard InChI is InChI=1S/C18H17F2N5O.C5H8N2O/c1-10-11(2)22-17-16(21-10)15(13-4-3-12(19)9-14(13)20)23-18(24-17)25-5-7-26-8-6-25;1-8-5-7-4-2-3-6-7/h3-4,9H,5-8H2,1-2H3;2-4H,5H2,1H3. The Morgan fingerprint density at radius 3 is 2.47 bits per heavy atom. The lowest BCUT2D eigenvalue weighted by Gasteiger charge is -2.27. The van der Waals surface area contributed by atoms with E-state index in [1.165, 1.54) is 12.1 Å². The van der Waals surface area contributed by atoms with Gasteiger partial charge in [0.25, 0.3) is 0 Å². The fraction of sp³-hybridized carbons (Fsp3) is 0.348. The second-order valence-corrected chi connectivity index (χ2v) is 7.63. The van der Waals surface area contributed by atoms with Gasteiger partial charge in [-0.25, -0.2) is 28.4 Å². The normalized spacial score (nSPS) is 13.6. The molecule has 1 aliphatic rings. The number of aromatic nitrogens is 6. The Kier molecular flexibility index (Phi) is 7.33. The van der Waals surface area contributed by atoms with Gasteiger partial charge in [0.2, 0.25) is 5.95 Å². The van der Waals surface area contributed by atoms with Gasteiger partial charge < -0.3 is 14.4 Å². The summed E-state index contributed by atoms with van der Waals surface area (Å²) < 4.78 is 39.6. The zero-order chi connectivity index (χ0) is 24.1. The van der Waals surface area contributed by atoms with Crippen molar-refractivity contribution in [3.63, 3.8) is 0 Å². The highest BCUT2D eigenvalue weighted by Gasteiger charge is 2.21. The first-order chi connectivity index (χ1) is 16.5. The minimum atomic E-state index is -0.696. The van der Waals surface area contributed by atoms with Crippen LogP contribution in [0, 0.1) is 25.5 Å². The van der Waals surface area contributed by atoms with Crippen LogP contribution < -0.4 is 4.90 Å². The number of halogens is 2. The largest absolute Gasteiger partial charge is 0.378 e. The van der Waals surface area contributed by atoms with E-state index in [1.807, 2.05) is 31.0 Å². The van der Waals surface area contributed by atoms with Crippen LogP contribution in [-0.2, 0) is 16.2 Å². The summed E-state index contributed by atoms with van der Waals surface area (Å²) in [7, 11) is 1.64. The SMILES string of the molecule is COCn1cccn1.Cc1nc2nc(N3CCOCC3)nc(-c3ccc(F)cc3F)c2nc1C. The molecule has 0 spiro atoms. The molecule has 11 heteroatoms. The van der Waals surface area contributed by atoms with Crippen molar-refractivity contribution in [2.75, 3.05) is 38.3 Å². The van der Waals surface area contributed by atoms with E-state index >= 15 is 0 Å². The molecule has 3 aromatic heterocycles. The second kappa shape index (κ2) is 10.6. The van der Waals surface area contributed by atoms with Crippen molar-refractivity contribution in [3.05, 3.63) is 59.7 Å². The van der Waals surface area contributed by atoms with Crippen LogP contribution in [0.5, 0.6) is 0 Å². The summed E-state index contributed by atoms with van der Waals surface area (Å²) in [6, 6.07) is 5.27. The Morgan fingerprint density at radius 2 is 1.79 bits per heavy atom. The van der Waals surface area contributed by atoms with Gasteiger partial charge >= 0.3 is 0 Å². The van der Waals surface area contributed by atoms with Crippen LogP contribution in [0.2, 0.25) is 0 Å². The van der Waals surface area contributed by atoms with Gasteiger partial charge in [-0.3, -0.25) is 0 Å². The monoisotopic (exact) mass is 469 g/mol. The molecule has 9 nitrogen and oxygen atoms in total. The van der Waals surface area contributed by atoms with Gasteiger partial charge in [-0.15, -0.1) is 0 Å². The van der Waals surface area contributed by atoms with Gasteiger partial charge in [-0.05, 0) is 32.0 Å². The summed E-state index contributed by atoms with van der Waals surface area (Å²) in [5.41, 5.74) is 2.73. The average molecular weight is 469 g/mol. The van der Waals surface area contributed by atoms with E-state index in [0.29, 0.717) is 61.5 Å². The van der Waals surface area contributed by atoms with E-state index in [2.05, 4.69) is 25.0 Å².